The molecule has 0 aliphatic heterocycles. The van der Waals surface area contributed by atoms with Crippen LogP contribution < -0.4 is 5.32 Å². The molecule has 0 saturated carbocycles. The zero-order valence-electron chi connectivity index (χ0n) is 6.49. The zero-order valence-corrected chi connectivity index (χ0v) is 6.49. The van der Waals surface area contributed by atoms with Crippen LogP contribution in [0.1, 0.15) is 6.92 Å². The van der Waals surface area contributed by atoms with E-state index in [9.17, 15) is 0 Å². The summed E-state index contributed by atoms with van der Waals surface area (Å²) in [6.45, 7) is 5.63. The van der Waals surface area contributed by atoms with Crippen molar-refractivity contribution in [3.63, 3.8) is 0 Å². The van der Waals surface area contributed by atoms with Crippen molar-refractivity contribution in [1.82, 2.24) is 9.97 Å². The number of nitrogens with zero attached hydrogens (tertiary/aromatic N) is 2. The first-order valence-electron chi connectivity index (χ1n) is 3.49. The topological polar surface area (TPSA) is 37.8 Å². The van der Waals surface area contributed by atoms with Gasteiger partial charge in [-0.05, 0) is 13.0 Å². The average Bonchev–Trinajstić information content (AvgIpc) is 2.06. The summed E-state index contributed by atoms with van der Waals surface area (Å²) in [4.78, 5) is 7.99. The van der Waals surface area contributed by atoms with Gasteiger partial charge in [-0.1, -0.05) is 6.08 Å². The van der Waals surface area contributed by atoms with E-state index in [0.29, 0.717) is 5.95 Å². The molecule has 0 amide bonds. The molecule has 0 bridgehead atoms. The van der Waals surface area contributed by atoms with Crippen molar-refractivity contribution in [2.75, 3.05) is 5.32 Å². The van der Waals surface area contributed by atoms with Crippen LogP contribution in [0.25, 0.3) is 0 Å². The molecular weight excluding hydrogens is 138 g/mol. The molecule has 1 aromatic heterocycles. The van der Waals surface area contributed by atoms with Crippen LogP contribution in [0.3, 0.4) is 0 Å². The van der Waals surface area contributed by atoms with E-state index in [4.69, 9.17) is 0 Å². The van der Waals surface area contributed by atoms with Gasteiger partial charge in [0.2, 0.25) is 5.95 Å². The molecule has 1 atom stereocenters. The van der Waals surface area contributed by atoms with Crippen molar-refractivity contribution in [3.8, 4) is 0 Å². The Bertz CT molecular complexity index is 220. The van der Waals surface area contributed by atoms with Gasteiger partial charge in [0.25, 0.3) is 0 Å². The fourth-order valence-corrected chi connectivity index (χ4v) is 0.636. The van der Waals surface area contributed by atoms with Gasteiger partial charge in [0.05, 0.1) is 0 Å². The molecule has 0 radical (unpaired) electrons. The Labute approximate surface area is 66.2 Å². The lowest BCUT2D eigenvalue weighted by Crippen LogP contribution is -2.13. The molecule has 0 saturated heterocycles. The van der Waals surface area contributed by atoms with Gasteiger partial charge >= 0.3 is 0 Å². The third kappa shape index (κ3) is 2.37. The number of hydrogen-bond donors (Lipinski definition) is 1. The van der Waals surface area contributed by atoms with Gasteiger partial charge in [-0.15, -0.1) is 6.58 Å². The van der Waals surface area contributed by atoms with Crippen molar-refractivity contribution >= 4 is 5.95 Å². The summed E-state index contributed by atoms with van der Waals surface area (Å²) in [5.74, 6) is 0.639. The maximum Gasteiger partial charge on any atom is 0.223 e. The summed E-state index contributed by atoms with van der Waals surface area (Å²) in [5.41, 5.74) is 0. The molecule has 0 aromatic carbocycles. The number of nitrogens with one attached hydrogen (secondary N) is 1. The van der Waals surface area contributed by atoms with Crippen LogP contribution in [0, 0.1) is 0 Å². The van der Waals surface area contributed by atoms with Crippen molar-refractivity contribution in [2.24, 2.45) is 0 Å². The Balaban J connectivity index is 2.57. The molecule has 0 aliphatic rings. The quantitative estimate of drug-likeness (QED) is 0.661. The highest BCUT2D eigenvalue weighted by Gasteiger charge is 1.95. The van der Waals surface area contributed by atoms with E-state index < -0.39 is 0 Å². The minimum Gasteiger partial charge on any atom is -0.348 e. The van der Waals surface area contributed by atoms with Gasteiger partial charge in [-0.3, -0.25) is 0 Å². The van der Waals surface area contributed by atoms with E-state index >= 15 is 0 Å². The van der Waals surface area contributed by atoms with Gasteiger partial charge in [-0.2, -0.15) is 0 Å². The zero-order chi connectivity index (χ0) is 8.10. The minimum absolute atomic E-state index is 0.206. The van der Waals surface area contributed by atoms with Crippen molar-refractivity contribution in [3.05, 3.63) is 31.1 Å². The van der Waals surface area contributed by atoms with Gasteiger partial charge in [0.15, 0.2) is 0 Å². The van der Waals surface area contributed by atoms with E-state index in [1.165, 1.54) is 0 Å². The fraction of sp³-hybridized carbons (Fsp3) is 0.250. The first-order chi connectivity index (χ1) is 5.33. The summed E-state index contributed by atoms with van der Waals surface area (Å²) in [7, 11) is 0. The lowest BCUT2D eigenvalue weighted by Gasteiger charge is -2.06. The molecule has 0 spiro atoms. The summed E-state index contributed by atoms with van der Waals surface area (Å²) in [6, 6.07) is 1.99. The number of rotatable bonds is 3. The first kappa shape index (κ1) is 7.72. The molecule has 1 heterocycles. The third-order valence-electron chi connectivity index (χ3n) is 1.28. The van der Waals surface area contributed by atoms with E-state index in [1.807, 2.05) is 6.92 Å². The fourth-order valence-electron chi connectivity index (χ4n) is 0.636. The van der Waals surface area contributed by atoms with E-state index in [-0.39, 0.29) is 6.04 Å². The van der Waals surface area contributed by atoms with Crippen LogP contribution in [0.5, 0.6) is 0 Å². The van der Waals surface area contributed by atoms with E-state index in [2.05, 4.69) is 21.9 Å². The van der Waals surface area contributed by atoms with Crippen LogP contribution in [-0.2, 0) is 0 Å². The van der Waals surface area contributed by atoms with Gasteiger partial charge in [0.1, 0.15) is 0 Å². The van der Waals surface area contributed by atoms with E-state index in [0.717, 1.165) is 0 Å². The number of hydrogen-bond acceptors (Lipinski definition) is 3. The molecule has 58 valence electrons. The highest BCUT2D eigenvalue weighted by atomic mass is 15.1. The maximum atomic E-state index is 4.00. The lowest BCUT2D eigenvalue weighted by atomic mass is 10.3. The third-order valence-corrected chi connectivity index (χ3v) is 1.28. The molecule has 1 aromatic rings. The minimum atomic E-state index is 0.206. The number of anilines is 1. The molecular formula is C8H11N3. The molecule has 1 rings (SSSR count). The Hall–Kier alpha value is -1.38. The SMILES string of the molecule is C=CC(C)Nc1ncccn1. The second-order valence-corrected chi connectivity index (χ2v) is 2.24. The second-order valence-electron chi connectivity index (χ2n) is 2.24. The Kier molecular flexibility index (Phi) is 2.60. The maximum absolute atomic E-state index is 4.00. The smallest absolute Gasteiger partial charge is 0.223 e. The Morgan fingerprint density at radius 1 is 1.55 bits per heavy atom. The summed E-state index contributed by atoms with van der Waals surface area (Å²) < 4.78 is 0. The highest BCUT2D eigenvalue weighted by molar-refractivity contribution is 5.25. The average molecular weight is 149 g/mol. The molecule has 1 unspecified atom stereocenters. The predicted molar refractivity (Wildman–Crippen MR) is 45.3 cm³/mol. The Morgan fingerprint density at radius 3 is 2.73 bits per heavy atom. The van der Waals surface area contributed by atoms with Gasteiger partial charge in [0, 0.05) is 18.4 Å². The summed E-state index contributed by atoms with van der Waals surface area (Å²) in [6.07, 6.45) is 5.20. The van der Waals surface area contributed by atoms with Crippen molar-refractivity contribution in [2.45, 2.75) is 13.0 Å². The molecule has 1 N–H and O–H groups in total. The monoisotopic (exact) mass is 149 g/mol. The van der Waals surface area contributed by atoms with Crippen LogP contribution in [0.4, 0.5) is 5.95 Å². The highest BCUT2D eigenvalue weighted by Crippen LogP contribution is 1.97. The van der Waals surface area contributed by atoms with Gasteiger partial charge < -0.3 is 5.32 Å². The normalized spacial score (nSPS) is 12.1. The molecule has 3 heteroatoms. The van der Waals surface area contributed by atoms with Gasteiger partial charge in [-0.25, -0.2) is 9.97 Å². The molecule has 11 heavy (non-hydrogen) atoms. The lowest BCUT2D eigenvalue weighted by molar-refractivity contribution is 0.957. The summed E-state index contributed by atoms with van der Waals surface area (Å²) >= 11 is 0. The van der Waals surface area contributed by atoms with Crippen molar-refractivity contribution in [1.29, 1.82) is 0 Å². The standard InChI is InChI=1S/C8H11N3/c1-3-7(2)11-8-9-5-4-6-10-8/h3-7H,1H2,2H3,(H,9,10,11). The van der Waals surface area contributed by atoms with Crippen LogP contribution in [0.15, 0.2) is 31.1 Å². The van der Waals surface area contributed by atoms with Crippen LogP contribution in [0.2, 0.25) is 0 Å². The van der Waals surface area contributed by atoms with Crippen LogP contribution in [-0.4, -0.2) is 16.0 Å². The largest absolute Gasteiger partial charge is 0.348 e. The second kappa shape index (κ2) is 3.71. The van der Waals surface area contributed by atoms with Crippen LogP contribution >= 0.6 is 0 Å². The Morgan fingerprint density at radius 2 is 2.18 bits per heavy atom. The first-order valence-corrected chi connectivity index (χ1v) is 3.49. The predicted octanol–water partition coefficient (Wildman–Crippen LogP) is 1.46. The summed E-state index contributed by atoms with van der Waals surface area (Å²) in [5, 5.41) is 3.05. The number of aromatic nitrogens is 2. The molecule has 3 nitrogen and oxygen atoms in total. The van der Waals surface area contributed by atoms with E-state index in [1.54, 1.807) is 24.5 Å². The molecule has 0 fully saturated rings. The van der Waals surface area contributed by atoms with Crippen molar-refractivity contribution < 1.29 is 0 Å². The molecule has 0 aliphatic carbocycles.